The third-order valence-electron chi connectivity index (χ3n) is 4.99. The number of benzene rings is 2. The highest BCUT2D eigenvalue weighted by Gasteiger charge is 2.10. The molecule has 0 spiro atoms. The first-order valence-corrected chi connectivity index (χ1v) is 12.4. The van der Waals surface area contributed by atoms with Gasteiger partial charge in [-0.25, -0.2) is 4.98 Å². The predicted molar refractivity (Wildman–Crippen MR) is 146 cm³/mol. The Morgan fingerprint density at radius 1 is 1.00 bits per heavy atom. The van der Waals surface area contributed by atoms with Gasteiger partial charge in [-0.3, -0.25) is 9.78 Å². The van der Waals surface area contributed by atoms with Gasteiger partial charge in [-0.2, -0.15) is 4.98 Å². The van der Waals surface area contributed by atoms with Crippen molar-refractivity contribution in [1.29, 1.82) is 0 Å². The number of hydrogen-bond donors (Lipinski definition) is 4. The molecule has 5 N–H and O–H groups in total. The largest absolute Gasteiger partial charge is 0.457 e. The molecule has 4 aromatic rings. The second-order valence-corrected chi connectivity index (χ2v) is 8.84. The number of hydrogen-bond acceptors (Lipinski definition) is 10. The average molecular weight is 518 g/mol. The van der Waals surface area contributed by atoms with Crippen LogP contribution in [0.3, 0.4) is 0 Å². The van der Waals surface area contributed by atoms with Crippen LogP contribution >= 0.6 is 11.8 Å². The first-order valence-electron chi connectivity index (χ1n) is 11.4. The highest BCUT2D eigenvalue weighted by molar-refractivity contribution is 7.99. The molecule has 10 nitrogen and oxygen atoms in total. The summed E-state index contributed by atoms with van der Waals surface area (Å²) in [6.45, 7) is 0.615. The predicted octanol–water partition coefficient (Wildman–Crippen LogP) is 4.83. The summed E-state index contributed by atoms with van der Waals surface area (Å²) in [5.41, 5.74) is 8.48. The molecule has 0 bridgehead atoms. The van der Waals surface area contributed by atoms with Gasteiger partial charge < -0.3 is 31.2 Å². The van der Waals surface area contributed by atoms with Gasteiger partial charge in [-0.1, -0.05) is 6.07 Å². The lowest BCUT2D eigenvalue weighted by atomic mass is 10.3. The summed E-state index contributed by atoms with van der Waals surface area (Å²) in [7, 11) is 3.23. The van der Waals surface area contributed by atoms with E-state index in [1.54, 1.807) is 44.2 Å². The Bertz CT molecular complexity index is 1350. The fourth-order valence-electron chi connectivity index (χ4n) is 3.21. The highest BCUT2D eigenvalue weighted by Crippen LogP contribution is 2.30. The van der Waals surface area contributed by atoms with Crippen molar-refractivity contribution in [2.75, 3.05) is 42.9 Å². The fraction of sp³-hybridized carbons (Fsp3) is 0.154. The summed E-state index contributed by atoms with van der Waals surface area (Å²) in [6, 6.07) is 18.1. The van der Waals surface area contributed by atoms with Crippen LogP contribution in [-0.2, 0) is 4.74 Å². The van der Waals surface area contributed by atoms with Gasteiger partial charge in [-0.15, -0.1) is 11.8 Å². The Hall–Kier alpha value is -4.35. The molecular weight excluding hydrogens is 490 g/mol. The fourth-order valence-corrected chi connectivity index (χ4v) is 4.04. The van der Waals surface area contributed by atoms with Gasteiger partial charge in [0.25, 0.3) is 5.91 Å². The molecule has 0 saturated carbocycles. The second-order valence-electron chi connectivity index (χ2n) is 7.71. The van der Waals surface area contributed by atoms with Gasteiger partial charge in [0.2, 0.25) is 5.95 Å². The van der Waals surface area contributed by atoms with E-state index < -0.39 is 0 Å². The lowest BCUT2D eigenvalue weighted by Crippen LogP contribution is -2.18. The third-order valence-corrected chi connectivity index (χ3v) is 5.97. The van der Waals surface area contributed by atoms with Gasteiger partial charge in [0, 0.05) is 55.4 Å². The molecule has 11 heteroatoms. The number of aromatic nitrogens is 3. The molecule has 0 fully saturated rings. The van der Waals surface area contributed by atoms with E-state index in [0.717, 1.165) is 22.0 Å². The molecule has 1 amide bonds. The van der Waals surface area contributed by atoms with Crippen molar-refractivity contribution in [3.05, 3.63) is 78.8 Å². The van der Waals surface area contributed by atoms with Gasteiger partial charge in [0.05, 0.1) is 11.5 Å². The van der Waals surface area contributed by atoms with E-state index in [4.69, 9.17) is 15.2 Å². The summed E-state index contributed by atoms with van der Waals surface area (Å²) in [5.74, 6) is 2.69. The number of carbonyl (C=O) groups is 1. The van der Waals surface area contributed by atoms with Crippen LogP contribution in [-0.4, -0.2) is 47.4 Å². The molecule has 190 valence electrons. The normalized spacial score (nSPS) is 10.5. The van der Waals surface area contributed by atoms with Crippen LogP contribution < -0.4 is 26.4 Å². The Kier molecular flexibility index (Phi) is 8.74. The number of ether oxygens (including phenoxy) is 2. The second kappa shape index (κ2) is 12.6. The minimum Gasteiger partial charge on any atom is -0.457 e. The summed E-state index contributed by atoms with van der Waals surface area (Å²) in [6.07, 6.45) is 3.30. The Morgan fingerprint density at radius 3 is 2.59 bits per heavy atom. The van der Waals surface area contributed by atoms with Crippen molar-refractivity contribution >= 4 is 46.5 Å². The van der Waals surface area contributed by atoms with E-state index >= 15 is 0 Å². The molecule has 2 heterocycles. The number of nitrogens with two attached hydrogens (primary N) is 1. The zero-order valence-corrected chi connectivity index (χ0v) is 21.2. The Balaban J connectivity index is 1.47. The average Bonchev–Trinajstić information content (AvgIpc) is 2.91. The first-order chi connectivity index (χ1) is 18.0. The minimum absolute atomic E-state index is 0.280. The molecule has 0 atom stereocenters. The number of nitrogens with zero attached hydrogens (tertiary/aromatic N) is 3. The number of anilines is 5. The first kappa shape index (κ1) is 25.7. The third kappa shape index (κ3) is 7.32. The standard InChI is InChI=1S/C26H27N7O3S/c1-28-25(34)22-15-21(10-11-29-22)36-20-8-6-18(7-9-20)32-26-30-16-23(37-13-12-35-2)24(33-26)31-19-5-3-4-17(27)14-19/h3-11,14-16H,12-13,27H2,1-2H3,(H,28,34)(H2,30,31,32,33). The van der Waals surface area contributed by atoms with E-state index in [1.807, 2.05) is 48.5 Å². The van der Waals surface area contributed by atoms with Gasteiger partial charge in [-0.05, 0) is 48.5 Å². The topological polar surface area (TPSA) is 136 Å². The number of pyridine rings is 1. The quantitative estimate of drug-likeness (QED) is 0.124. The van der Waals surface area contributed by atoms with Crippen molar-refractivity contribution < 1.29 is 14.3 Å². The molecule has 0 aliphatic carbocycles. The number of nitrogens with one attached hydrogen (secondary N) is 3. The van der Waals surface area contributed by atoms with Crippen LogP contribution in [0.15, 0.2) is 78.0 Å². The van der Waals surface area contributed by atoms with E-state index in [-0.39, 0.29) is 11.6 Å². The summed E-state index contributed by atoms with van der Waals surface area (Å²) < 4.78 is 11.0. The highest BCUT2D eigenvalue weighted by atomic mass is 32.2. The van der Waals surface area contributed by atoms with Crippen LogP contribution in [0.2, 0.25) is 0 Å². The maximum Gasteiger partial charge on any atom is 0.269 e. The number of carbonyl (C=O) groups excluding carboxylic acids is 1. The number of methoxy groups -OCH3 is 1. The molecule has 4 rings (SSSR count). The molecule has 0 saturated heterocycles. The molecule has 2 aromatic heterocycles. The van der Waals surface area contributed by atoms with Crippen molar-refractivity contribution in [3.63, 3.8) is 0 Å². The Labute approximate surface area is 219 Å². The van der Waals surface area contributed by atoms with Crippen LogP contribution in [0.5, 0.6) is 11.5 Å². The molecule has 2 aromatic carbocycles. The molecule has 0 unspecified atom stereocenters. The van der Waals surface area contributed by atoms with Gasteiger partial charge in [0.15, 0.2) is 0 Å². The van der Waals surface area contributed by atoms with Crippen LogP contribution in [0.25, 0.3) is 0 Å². The molecule has 0 aliphatic heterocycles. The summed E-state index contributed by atoms with van der Waals surface area (Å²) >= 11 is 1.60. The van der Waals surface area contributed by atoms with Crippen molar-refractivity contribution in [1.82, 2.24) is 20.3 Å². The monoisotopic (exact) mass is 517 g/mol. The molecular formula is C26H27N7O3S. The van der Waals surface area contributed by atoms with Gasteiger partial charge >= 0.3 is 0 Å². The van der Waals surface area contributed by atoms with E-state index in [9.17, 15) is 4.79 Å². The minimum atomic E-state index is -0.280. The maximum absolute atomic E-state index is 11.8. The summed E-state index contributed by atoms with van der Waals surface area (Å²) in [4.78, 5) is 25.9. The van der Waals surface area contributed by atoms with Crippen LogP contribution in [0.1, 0.15) is 10.5 Å². The summed E-state index contributed by atoms with van der Waals surface area (Å²) in [5, 5.41) is 9.10. The number of thioether (sulfide) groups is 1. The van der Waals surface area contributed by atoms with Gasteiger partial charge in [0.1, 0.15) is 23.0 Å². The molecule has 37 heavy (non-hydrogen) atoms. The number of amides is 1. The Morgan fingerprint density at radius 2 is 1.84 bits per heavy atom. The van der Waals surface area contributed by atoms with E-state index in [2.05, 4.69) is 30.9 Å². The van der Waals surface area contributed by atoms with Crippen LogP contribution in [0.4, 0.5) is 28.8 Å². The maximum atomic E-state index is 11.8. The van der Waals surface area contributed by atoms with E-state index in [1.165, 1.54) is 6.20 Å². The van der Waals surface area contributed by atoms with Crippen LogP contribution in [0, 0.1) is 0 Å². The lowest BCUT2D eigenvalue weighted by Gasteiger charge is -2.13. The number of nitrogen functional groups attached to an aromatic ring is 1. The zero-order valence-electron chi connectivity index (χ0n) is 20.4. The van der Waals surface area contributed by atoms with E-state index in [0.29, 0.717) is 35.6 Å². The molecule has 0 aliphatic rings. The SMILES string of the molecule is CNC(=O)c1cc(Oc2ccc(Nc3ncc(SCCOC)c(Nc4cccc(N)c4)n3)cc2)ccn1. The molecule has 0 radical (unpaired) electrons. The zero-order chi connectivity index (χ0) is 26.0. The number of rotatable bonds is 11. The lowest BCUT2D eigenvalue weighted by molar-refractivity contribution is 0.0958. The van der Waals surface area contributed by atoms with Crippen molar-refractivity contribution in [3.8, 4) is 11.5 Å². The smallest absolute Gasteiger partial charge is 0.269 e. The van der Waals surface area contributed by atoms with Crippen molar-refractivity contribution in [2.45, 2.75) is 4.90 Å². The van der Waals surface area contributed by atoms with Crippen molar-refractivity contribution in [2.24, 2.45) is 0 Å².